The van der Waals surface area contributed by atoms with Crippen LogP contribution in [-0.4, -0.2) is 38.1 Å². The SMILES string of the molecule is CCN(/C=C(/C#N)C(=O)Nc1ccc(OC)c(OC)c1)CC. The van der Waals surface area contributed by atoms with E-state index in [2.05, 4.69) is 5.32 Å². The Kier molecular flexibility index (Phi) is 6.77. The predicted octanol–water partition coefficient (Wildman–Crippen LogP) is 2.39. The average molecular weight is 303 g/mol. The van der Waals surface area contributed by atoms with Crippen LogP contribution >= 0.6 is 0 Å². The number of anilines is 1. The van der Waals surface area contributed by atoms with Crippen LogP contribution in [0.5, 0.6) is 11.5 Å². The van der Waals surface area contributed by atoms with Crippen molar-refractivity contribution >= 4 is 11.6 Å². The maximum Gasteiger partial charge on any atom is 0.267 e. The van der Waals surface area contributed by atoms with Gasteiger partial charge in [0.1, 0.15) is 11.6 Å². The van der Waals surface area contributed by atoms with Gasteiger partial charge in [0.2, 0.25) is 0 Å². The maximum atomic E-state index is 12.2. The van der Waals surface area contributed by atoms with Crippen molar-refractivity contribution in [3.8, 4) is 17.6 Å². The smallest absolute Gasteiger partial charge is 0.267 e. The van der Waals surface area contributed by atoms with Crippen LogP contribution in [0.15, 0.2) is 30.0 Å². The summed E-state index contributed by atoms with van der Waals surface area (Å²) in [6, 6.07) is 6.94. The number of ether oxygens (including phenoxy) is 2. The fourth-order valence-corrected chi connectivity index (χ4v) is 1.84. The van der Waals surface area contributed by atoms with E-state index in [0.29, 0.717) is 17.2 Å². The van der Waals surface area contributed by atoms with Gasteiger partial charge in [-0.25, -0.2) is 0 Å². The Balaban J connectivity index is 2.94. The monoisotopic (exact) mass is 303 g/mol. The van der Waals surface area contributed by atoms with Crippen molar-refractivity contribution in [2.24, 2.45) is 0 Å². The van der Waals surface area contributed by atoms with Gasteiger partial charge in [0, 0.05) is 31.0 Å². The van der Waals surface area contributed by atoms with Gasteiger partial charge in [-0.05, 0) is 26.0 Å². The number of rotatable bonds is 7. The minimum atomic E-state index is -0.457. The number of carbonyl (C=O) groups excluding carboxylic acids is 1. The molecule has 6 heteroatoms. The van der Waals surface area contributed by atoms with Crippen molar-refractivity contribution < 1.29 is 14.3 Å². The fraction of sp³-hybridized carbons (Fsp3) is 0.375. The average Bonchev–Trinajstić information content (AvgIpc) is 2.55. The fourth-order valence-electron chi connectivity index (χ4n) is 1.84. The van der Waals surface area contributed by atoms with Gasteiger partial charge in [0.25, 0.3) is 5.91 Å². The van der Waals surface area contributed by atoms with E-state index in [-0.39, 0.29) is 5.57 Å². The zero-order valence-electron chi connectivity index (χ0n) is 13.3. The second kappa shape index (κ2) is 8.57. The number of amides is 1. The summed E-state index contributed by atoms with van der Waals surface area (Å²) in [6.07, 6.45) is 1.57. The summed E-state index contributed by atoms with van der Waals surface area (Å²) < 4.78 is 10.3. The molecule has 1 aromatic rings. The number of benzene rings is 1. The first kappa shape index (κ1) is 17.4. The van der Waals surface area contributed by atoms with Crippen LogP contribution in [0.3, 0.4) is 0 Å². The second-order valence-electron chi connectivity index (χ2n) is 4.40. The van der Waals surface area contributed by atoms with Crippen LogP contribution in [0.2, 0.25) is 0 Å². The van der Waals surface area contributed by atoms with Crippen LogP contribution in [0.1, 0.15) is 13.8 Å². The van der Waals surface area contributed by atoms with Gasteiger partial charge in [-0.3, -0.25) is 4.79 Å². The number of carbonyl (C=O) groups is 1. The van der Waals surface area contributed by atoms with E-state index in [0.717, 1.165) is 13.1 Å². The molecule has 0 aliphatic heterocycles. The molecule has 1 amide bonds. The van der Waals surface area contributed by atoms with Crippen LogP contribution in [0, 0.1) is 11.3 Å². The van der Waals surface area contributed by atoms with Crippen molar-refractivity contribution in [1.29, 1.82) is 5.26 Å². The molecule has 118 valence electrons. The summed E-state index contributed by atoms with van der Waals surface area (Å²) in [5.41, 5.74) is 0.585. The highest BCUT2D eigenvalue weighted by molar-refractivity contribution is 6.06. The molecule has 0 atom stereocenters. The molecule has 1 rings (SSSR count). The van der Waals surface area contributed by atoms with Crippen LogP contribution in [0.25, 0.3) is 0 Å². The molecule has 1 N–H and O–H groups in total. The van der Waals surface area contributed by atoms with E-state index in [1.807, 2.05) is 24.8 Å². The van der Waals surface area contributed by atoms with Gasteiger partial charge in [0.15, 0.2) is 11.5 Å². The van der Waals surface area contributed by atoms with Crippen molar-refractivity contribution in [2.75, 3.05) is 32.6 Å². The molecule has 1 aromatic carbocycles. The summed E-state index contributed by atoms with van der Waals surface area (Å²) >= 11 is 0. The number of hydrogen-bond donors (Lipinski definition) is 1. The van der Waals surface area contributed by atoms with Gasteiger partial charge in [-0.1, -0.05) is 0 Å². The Hall–Kier alpha value is -2.68. The van der Waals surface area contributed by atoms with E-state index in [4.69, 9.17) is 14.7 Å². The van der Waals surface area contributed by atoms with Gasteiger partial charge in [-0.15, -0.1) is 0 Å². The normalized spacial score (nSPS) is 10.6. The molecule has 6 nitrogen and oxygen atoms in total. The lowest BCUT2D eigenvalue weighted by molar-refractivity contribution is -0.112. The first-order chi connectivity index (χ1) is 10.6. The van der Waals surface area contributed by atoms with Crippen molar-refractivity contribution in [3.05, 3.63) is 30.0 Å². The molecule has 0 spiro atoms. The van der Waals surface area contributed by atoms with Crippen molar-refractivity contribution in [3.63, 3.8) is 0 Å². The summed E-state index contributed by atoms with van der Waals surface area (Å²) in [7, 11) is 3.06. The zero-order chi connectivity index (χ0) is 16.5. The summed E-state index contributed by atoms with van der Waals surface area (Å²) in [5.74, 6) is 0.618. The largest absolute Gasteiger partial charge is 0.493 e. The molecular weight excluding hydrogens is 282 g/mol. The number of nitrogens with zero attached hydrogens (tertiary/aromatic N) is 2. The lowest BCUT2D eigenvalue weighted by Gasteiger charge is -2.16. The first-order valence-corrected chi connectivity index (χ1v) is 6.98. The zero-order valence-corrected chi connectivity index (χ0v) is 13.3. The third-order valence-electron chi connectivity index (χ3n) is 3.13. The topological polar surface area (TPSA) is 74.6 Å². The van der Waals surface area contributed by atoms with Gasteiger partial charge < -0.3 is 19.7 Å². The molecule has 0 fully saturated rings. The van der Waals surface area contributed by atoms with Gasteiger partial charge in [-0.2, -0.15) is 5.26 Å². The van der Waals surface area contributed by atoms with E-state index in [1.54, 1.807) is 24.4 Å². The number of methoxy groups -OCH3 is 2. The quantitative estimate of drug-likeness (QED) is 0.618. The Morgan fingerprint density at radius 1 is 1.27 bits per heavy atom. The molecule has 0 bridgehead atoms. The maximum absolute atomic E-state index is 12.2. The Morgan fingerprint density at radius 3 is 2.41 bits per heavy atom. The summed E-state index contributed by atoms with van der Waals surface area (Å²) in [5, 5.41) is 11.8. The van der Waals surface area contributed by atoms with Crippen LogP contribution in [-0.2, 0) is 4.79 Å². The Labute approximate surface area is 130 Å². The van der Waals surface area contributed by atoms with E-state index in [1.165, 1.54) is 14.2 Å². The molecule has 22 heavy (non-hydrogen) atoms. The molecular formula is C16H21N3O3. The highest BCUT2D eigenvalue weighted by atomic mass is 16.5. The lowest BCUT2D eigenvalue weighted by atomic mass is 10.2. The third kappa shape index (κ3) is 4.42. The molecule has 0 aliphatic rings. The van der Waals surface area contributed by atoms with Crippen LogP contribution in [0.4, 0.5) is 5.69 Å². The number of nitriles is 1. The van der Waals surface area contributed by atoms with Gasteiger partial charge >= 0.3 is 0 Å². The summed E-state index contributed by atoms with van der Waals surface area (Å²) in [6.45, 7) is 5.37. The standard InChI is InChI=1S/C16H21N3O3/c1-5-19(6-2)11-12(10-17)16(20)18-13-7-8-14(21-3)15(9-13)22-4/h7-9,11H,5-6H2,1-4H3,(H,18,20)/b12-11-. The molecule has 0 unspecified atom stereocenters. The summed E-state index contributed by atoms with van der Waals surface area (Å²) in [4.78, 5) is 14.0. The first-order valence-electron chi connectivity index (χ1n) is 6.98. The van der Waals surface area contributed by atoms with E-state index in [9.17, 15) is 4.79 Å². The van der Waals surface area contributed by atoms with Crippen molar-refractivity contribution in [1.82, 2.24) is 4.90 Å². The number of nitrogens with one attached hydrogen (secondary N) is 1. The lowest BCUT2D eigenvalue weighted by Crippen LogP contribution is -2.20. The molecule has 0 aromatic heterocycles. The van der Waals surface area contributed by atoms with Crippen LogP contribution < -0.4 is 14.8 Å². The van der Waals surface area contributed by atoms with E-state index >= 15 is 0 Å². The Morgan fingerprint density at radius 2 is 1.91 bits per heavy atom. The predicted molar refractivity (Wildman–Crippen MR) is 84.8 cm³/mol. The minimum Gasteiger partial charge on any atom is -0.493 e. The second-order valence-corrected chi connectivity index (χ2v) is 4.40. The highest BCUT2D eigenvalue weighted by Crippen LogP contribution is 2.29. The minimum absolute atomic E-state index is 0.0542. The van der Waals surface area contributed by atoms with E-state index < -0.39 is 5.91 Å². The number of hydrogen-bond acceptors (Lipinski definition) is 5. The molecule has 0 aliphatic carbocycles. The Bertz CT molecular complexity index is 587. The molecule has 0 saturated carbocycles. The molecule has 0 radical (unpaired) electrons. The molecule has 0 saturated heterocycles. The van der Waals surface area contributed by atoms with Crippen molar-refractivity contribution in [2.45, 2.75) is 13.8 Å². The van der Waals surface area contributed by atoms with Gasteiger partial charge in [0.05, 0.1) is 14.2 Å². The third-order valence-corrected chi connectivity index (χ3v) is 3.13. The molecule has 0 heterocycles. The highest BCUT2D eigenvalue weighted by Gasteiger charge is 2.12.